The Morgan fingerprint density at radius 2 is 2.26 bits per heavy atom. The number of carbonyl (C=O) groups excluding carboxylic acids is 2. The fraction of sp³-hybridized carbons (Fsp3) is 0.333. The summed E-state index contributed by atoms with van der Waals surface area (Å²) in [7, 11) is 1.25. The first-order valence-corrected chi connectivity index (χ1v) is 5.60. The predicted octanol–water partition coefficient (Wildman–Crippen LogP) is 0.306. The lowest BCUT2D eigenvalue weighted by atomic mass is 10.1. The molecule has 0 spiro atoms. The Kier molecular flexibility index (Phi) is 3.46. The molecule has 7 nitrogen and oxygen atoms in total. The van der Waals surface area contributed by atoms with Crippen molar-refractivity contribution in [1.82, 2.24) is 4.98 Å². The molecule has 2 rings (SSSR count). The number of pyridine rings is 1. The monoisotopic (exact) mass is 264 g/mol. The number of esters is 1. The molecule has 1 saturated heterocycles. The number of nitrogens with zero attached hydrogens (tertiary/aromatic N) is 2. The zero-order chi connectivity index (χ0) is 14.0. The molecule has 0 aromatic carbocycles. The van der Waals surface area contributed by atoms with Crippen LogP contribution >= 0.6 is 0 Å². The van der Waals surface area contributed by atoms with E-state index in [9.17, 15) is 14.4 Å². The first-order chi connectivity index (χ1) is 9.04. The minimum atomic E-state index is -1.15. The zero-order valence-corrected chi connectivity index (χ0v) is 10.2. The Bertz CT molecular complexity index is 543. The minimum Gasteiger partial charge on any atom is -0.478 e. The molecule has 19 heavy (non-hydrogen) atoms. The Hall–Kier alpha value is -2.44. The van der Waals surface area contributed by atoms with Crippen molar-refractivity contribution in [2.75, 3.05) is 18.6 Å². The number of hydrogen-bond donors (Lipinski definition) is 1. The SMILES string of the molecule is COC(=O)C1CC(=O)N(c2cnccc2C(=O)O)C1. The van der Waals surface area contributed by atoms with E-state index in [1.807, 2.05) is 0 Å². The van der Waals surface area contributed by atoms with E-state index < -0.39 is 17.9 Å². The van der Waals surface area contributed by atoms with Gasteiger partial charge in [0.2, 0.25) is 5.91 Å². The number of rotatable bonds is 3. The topological polar surface area (TPSA) is 96.8 Å². The molecule has 1 amide bonds. The fourth-order valence-corrected chi connectivity index (χ4v) is 2.05. The van der Waals surface area contributed by atoms with Gasteiger partial charge in [-0.1, -0.05) is 0 Å². The molecule has 0 saturated carbocycles. The number of ether oxygens (including phenoxy) is 1. The molecule has 1 N–H and O–H groups in total. The number of hydrogen-bond acceptors (Lipinski definition) is 5. The van der Waals surface area contributed by atoms with Gasteiger partial charge in [0.25, 0.3) is 0 Å². The third-order valence-corrected chi connectivity index (χ3v) is 2.98. The summed E-state index contributed by atoms with van der Waals surface area (Å²) in [5, 5.41) is 9.08. The summed E-state index contributed by atoms with van der Waals surface area (Å²) >= 11 is 0. The maximum Gasteiger partial charge on any atom is 0.337 e. The van der Waals surface area contributed by atoms with Crippen LogP contribution in [0.4, 0.5) is 5.69 Å². The lowest BCUT2D eigenvalue weighted by Crippen LogP contribution is -2.28. The highest BCUT2D eigenvalue weighted by atomic mass is 16.5. The smallest absolute Gasteiger partial charge is 0.337 e. The second-order valence-electron chi connectivity index (χ2n) is 4.13. The molecular weight excluding hydrogens is 252 g/mol. The normalized spacial score (nSPS) is 18.5. The van der Waals surface area contributed by atoms with Crippen molar-refractivity contribution in [3.8, 4) is 0 Å². The molecule has 1 atom stereocenters. The highest BCUT2D eigenvalue weighted by Crippen LogP contribution is 2.28. The Morgan fingerprint density at radius 3 is 2.89 bits per heavy atom. The van der Waals surface area contributed by atoms with Crippen molar-refractivity contribution in [2.24, 2.45) is 5.92 Å². The van der Waals surface area contributed by atoms with Crippen LogP contribution in [0.1, 0.15) is 16.8 Å². The first-order valence-electron chi connectivity index (χ1n) is 5.60. The summed E-state index contributed by atoms with van der Waals surface area (Å²) < 4.78 is 4.59. The summed E-state index contributed by atoms with van der Waals surface area (Å²) in [4.78, 5) is 39.5. The molecule has 0 aliphatic carbocycles. The Balaban J connectivity index is 2.31. The van der Waals surface area contributed by atoms with Gasteiger partial charge < -0.3 is 14.7 Å². The zero-order valence-electron chi connectivity index (χ0n) is 10.2. The molecule has 1 aromatic heterocycles. The van der Waals surface area contributed by atoms with E-state index in [1.54, 1.807) is 0 Å². The third kappa shape index (κ3) is 2.40. The number of aromatic nitrogens is 1. The van der Waals surface area contributed by atoms with Crippen LogP contribution in [0.3, 0.4) is 0 Å². The number of carboxylic acid groups (broad SMARTS) is 1. The van der Waals surface area contributed by atoms with Crippen molar-refractivity contribution in [3.63, 3.8) is 0 Å². The predicted molar refractivity (Wildman–Crippen MR) is 63.7 cm³/mol. The van der Waals surface area contributed by atoms with Gasteiger partial charge in [-0.3, -0.25) is 14.6 Å². The van der Waals surface area contributed by atoms with Crippen LogP contribution in [0.2, 0.25) is 0 Å². The maximum atomic E-state index is 11.9. The third-order valence-electron chi connectivity index (χ3n) is 2.98. The largest absolute Gasteiger partial charge is 0.478 e. The molecule has 1 unspecified atom stereocenters. The summed E-state index contributed by atoms with van der Waals surface area (Å²) in [5.41, 5.74) is 0.181. The van der Waals surface area contributed by atoms with E-state index in [-0.39, 0.29) is 30.1 Å². The van der Waals surface area contributed by atoms with Gasteiger partial charge in [0.15, 0.2) is 0 Å². The second kappa shape index (κ2) is 5.05. The second-order valence-corrected chi connectivity index (χ2v) is 4.13. The quantitative estimate of drug-likeness (QED) is 0.789. The molecule has 0 bridgehead atoms. The van der Waals surface area contributed by atoms with E-state index >= 15 is 0 Å². The van der Waals surface area contributed by atoms with Crippen LogP contribution in [0.15, 0.2) is 18.5 Å². The lowest BCUT2D eigenvalue weighted by molar-refractivity contribution is -0.145. The van der Waals surface area contributed by atoms with Gasteiger partial charge >= 0.3 is 11.9 Å². The number of anilines is 1. The molecule has 7 heteroatoms. The Labute approximate surface area is 108 Å². The van der Waals surface area contributed by atoms with Gasteiger partial charge in [-0.15, -0.1) is 0 Å². The summed E-state index contributed by atoms with van der Waals surface area (Å²) in [6, 6.07) is 1.32. The fourth-order valence-electron chi connectivity index (χ4n) is 2.05. The highest BCUT2D eigenvalue weighted by molar-refractivity contribution is 6.04. The van der Waals surface area contributed by atoms with Gasteiger partial charge in [-0.25, -0.2) is 4.79 Å². The van der Waals surface area contributed by atoms with Gasteiger partial charge in [-0.2, -0.15) is 0 Å². The van der Waals surface area contributed by atoms with Crippen LogP contribution < -0.4 is 4.90 Å². The van der Waals surface area contributed by atoms with Crippen LogP contribution in [0, 0.1) is 5.92 Å². The maximum absolute atomic E-state index is 11.9. The summed E-state index contributed by atoms with van der Waals surface area (Å²) in [6.07, 6.45) is 2.66. The van der Waals surface area contributed by atoms with E-state index in [0.29, 0.717) is 0 Å². The molecule has 1 aliphatic rings. The van der Waals surface area contributed by atoms with E-state index in [2.05, 4.69) is 9.72 Å². The minimum absolute atomic E-state index is 0.0145. The van der Waals surface area contributed by atoms with E-state index in [0.717, 1.165) is 0 Å². The van der Waals surface area contributed by atoms with Gasteiger partial charge in [0, 0.05) is 19.2 Å². The van der Waals surface area contributed by atoms with Crippen molar-refractivity contribution in [2.45, 2.75) is 6.42 Å². The van der Waals surface area contributed by atoms with Crippen molar-refractivity contribution in [1.29, 1.82) is 0 Å². The molecule has 1 aliphatic heterocycles. The number of carboxylic acids is 1. The number of methoxy groups -OCH3 is 1. The summed E-state index contributed by atoms with van der Waals surface area (Å²) in [6.45, 7) is 0.109. The van der Waals surface area contributed by atoms with E-state index in [1.165, 1.54) is 30.5 Å². The van der Waals surface area contributed by atoms with Crippen molar-refractivity contribution >= 4 is 23.5 Å². The Morgan fingerprint density at radius 1 is 1.53 bits per heavy atom. The van der Waals surface area contributed by atoms with Gasteiger partial charge in [-0.05, 0) is 6.07 Å². The van der Waals surface area contributed by atoms with Crippen molar-refractivity contribution in [3.05, 3.63) is 24.0 Å². The number of carbonyl (C=O) groups is 3. The van der Waals surface area contributed by atoms with Gasteiger partial charge in [0.05, 0.1) is 30.5 Å². The lowest BCUT2D eigenvalue weighted by Gasteiger charge is -2.17. The molecule has 1 aromatic rings. The molecular formula is C12H12N2O5. The van der Waals surface area contributed by atoms with Crippen LogP contribution in [0.5, 0.6) is 0 Å². The van der Waals surface area contributed by atoms with Crippen LogP contribution in [0.25, 0.3) is 0 Å². The van der Waals surface area contributed by atoms with Crippen molar-refractivity contribution < 1.29 is 24.2 Å². The average Bonchev–Trinajstić information content (AvgIpc) is 2.79. The number of amides is 1. The van der Waals surface area contributed by atoms with Gasteiger partial charge in [0.1, 0.15) is 0 Å². The standard InChI is InChI=1S/C12H12N2O5/c1-19-12(18)7-4-10(15)14(6-7)9-5-13-3-2-8(9)11(16)17/h2-3,5,7H,4,6H2,1H3,(H,16,17). The summed E-state index contributed by atoms with van der Waals surface area (Å²) in [5.74, 6) is -2.51. The number of aromatic carboxylic acids is 1. The van der Waals surface area contributed by atoms with Crippen LogP contribution in [-0.4, -0.2) is 41.6 Å². The molecule has 1 fully saturated rings. The highest BCUT2D eigenvalue weighted by Gasteiger charge is 2.37. The average molecular weight is 264 g/mol. The van der Waals surface area contributed by atoms with Crippen LogP contribution in [-0.2, 0) is 14.3 Å². The first kappa shape index (κ1) is 13.0. The molecule has 100 valence electrons. The molecule has 0 radical (unpaired) electrons. The molecule has 2 heterocycles. The van der Waals surface area contributed by atoms with E-state index in [4.69, 9.17) is 5.11 Å².